The van der Waals surface area contributed by atoms with Gasteiger partial charge in [-0.3, -0.25) is 4.79 Å². The number of carbonyl (C=O) groups is 2. The van der Waals surface area contributed by atoms with Gasteiger partial charge in [-0.05, 0) is 30.3 Å². The second kappa shape index (κ2) is 10.1. The van der Waals surface area contributed by atoms with Gasteiger partial charge in [0.1, 0.15) is 17.3 Å². The van der Waals surface area contributed by atoms with Gasteiger partial charge in [-0.2, -0.15) is 4.31 Å². The molecule has 3 rings (SSSR count). The SMILES string of the molecule is COc1ccc(C(=O)COC(=O)c2cc(S(=O)(=O)N3CCOCC3)ccc2F)c(OC)c1. The molecular weight excluding hydrogens is 445 g/mol. The van der Waals surface area contributed by atoms with Gasteiger partial charge < -0.3 is 18.9 Å². The molecule has 0 bridgehead atoms. The van der Waals surface area contributed by atoms with E-state index >= 15 is 0 Å². The Bertz CT molecular complexity index is 1110. The number of morpholine rings is 1. The molecule has 1 aliphatic heterocycles. The Morgan fingerprint density at radius 1 is 1.03 bits per heavy atom. The van der Waals surface area contributed by atoms with Crippen molar-refractivity contribution in [1.29, 1.82) is 0 Å². The van der Waals surface area contributed by atoms with Crippen molar-refractivity contribution in [3.63, 3.8) is 0 Å². The number of Topliss-reactive ketones (excluding diaryl/α,β-unsaturated/α-hetero) is 1. The molecule has 0 aliphatic carbocycles. The fourth-order valence-corrected chi connectivity index (χ4v) is 4.51. The minimum Gasteiger partial charge on any atom is -0.497 e. The van der Waals surface area contributed by atoms with Gasteiger partial charge in [0.15, 0.2) is 6.61 Å². The summed E-state index contributed by atoms with van der Waals surface area (Å²) in [4.78, 5) is 24.6. The first-order valence-corrected chi connectivity index (χ1v) is 11.0. The summed E-state index contributed by atoms with van der Waals surface area (Å²) in [5.74, 6) is -2.03. The lowest BCUT2D eigenvalue weighted by molar-refractivity contribution is 0.0469. The average molecular weight is 467 g/mol. The van der Waals surface area contributed by atoms with Crippen LogP contribution in [-0.4, -0.2) is 71.6 Å². The number of ketones is 1. The molecule has 11 heteroatoms. The minimum absolute atomic E-state index is 0.144. The quantitative estimate of drug-likeness (QED) is 0.428. The second-order valence-corrected chi connectivity index (χ2v) is 8.66. The normalized spacial score (nSPS) is 14.6. The van der Waals surface area contributed by atoms with Gasteiger partial charge in [-0.25, -0.2) is 17.6 Å². The summed E-state index contributed by atoms with van der Waals surface area (Å²) in [6.45, 7) is 0.0925. The van der Waals surface area contributed by atoms with Crippen molar-refractivity contribution in [3.8, 4) is 11.5 Å². The van der Waals surface area contributed by atoms with Crippen molar-refractivity contribution in [2.45, 2.75) is 4.90 Å². The fraction of sp³-hybridized carbons (Fsp3) is 0.333. The Balaban J connectivity index is 1.75. The van der Waals surface area contributed by atoms with E-state index in [4.69, 9.17) is 18.9 Å². The van der Waals surface area contributed by atoms with Crippen molar-refractivity contribution in [3.05, 3.63) is 53.3 Å². The van der Waals surface area contributed by atoms with Crippen LogP contribution in [0, 0.1) is 5.82 Å². The lowest BCUT2D eigenvalue weighted by Crippen LogP contribution is -2.40. The Kier molecular flexibility index (Phi) is 7.44. The summed E-state index contributed by atoms with van der Waals surface area (Å²) in [5, 5.41) is 0. The first kappa shape index (κ1) is 23.6. The van der Waals surface area contributed by atoms with Crippen molar-refractivity contribution >= 4 is 21.8 Å². The molecule has 1 saturated heterocycles. The van der Waals surface area contributed by atoms with Crippen LogP contribution in [0.3, 0.4) is 0 Å². The summed E-state index contributed by atoms with van der Waals surface area (Å²) in [6.07, 6.45) is 0. The highest BCUT2D eigenvalue weighted by atomic mass is 32.2. The lowest BCUT2D eigenvalue weighted by atomic mass is 10.1. The molecule has 0 aromatic heterocycles. The summed E-state index contributed by atoms with van der Waals surface area (Å²) < 4.78 is 61.3. The molecule has 0 amide bonds. The Hall–Kier alpha value is -3.02. The topological polar surface area (TPSA) is 108 Å². The van der Waals surface area contributed by atoms with Gasteiger partial charge >= 0.3 is 5.97 Å². The van der Waals surface area contributed by atoms with Crippen molar-refractivity contribution in [2.75, 3.05) is 47.1 Å². The number of rotatable bonds is 8. The van der Waals surface area contributed by atoms with Crippen molar-refractivity contribution < 1.29 is 41.3 Å². The molecule has 32 heavy (non-hydrogen) atoms. The maximum absolute atomic E-state index is 14.3. The predicted octanol–water partition coefficient (Wildman–Crippen LogP) is 1.90. The van der Waals surface area contributed by atoms with E-state index in [0.717, 1.165) is 18.2 Å². The minimum atomic E-state index is -3.94. The van der Waals surface area contributed by atoms with Crippen molar-refractivity contribution in [1.82, 2.24) is 4.31 Å². The van der Waals surface area contributed by atoms with Crippen LogP contribution in [0.2, 0.25) is 0 Å². The van der Waals surface area contributed by atoms with Crippen LogP contribution in [0.15, 0.2) is 41.3 Å². The van der Waals surface area contributed by atoms with Gasteiger partial charge in [-0.1, -0.05) is 0 Å². The van der Waals surface area contributed by atoms with Crippen molar-refractivity contribution in [2.24, 2.45) is 0 Å². The molecule has 0 saturated carbocycles. The number of esters is 1. The highest BCUT2D eigenvalue weighted by molar-refractivity contribution is 7.89. The maximum Gasteiger partial charge on any atom is 0.341 e. The third kappa shape index (κ3) is 5.06. The number of sulfonamides is 1. The zero-order chi connectivity index (χ0) is 23.3. The van der Waals surface area contributed by atoms with E-state index in [0.29, 0.717) is 5.75 Å². The van der Waals surface area contributed by atoms with Gasteiger partial charge in [0.2, 0.25) is 15.8 Å². The summed E-state index contributed by atoms with van der Waals surface area (Å²) in [6, 6.07) is 7.33. The first-order valence-electron chi connectivity index (χ1n) is 9.57. The van der Waals surface area contributed by atoms with Gasteiger partial charge in [0, 0.05) is 19.2 Å². The maximum atomic E-state index is 14.3. The number of hydrogen-bond donors (Lipinski definition) is 0. The number of carbonyl (C=O) groups excluding carboxylic acids is 2. The van der Waals surface area contributed by atoms with Crippen LogP contribution in [0.1, 0.15) is 20.7 Å². The Morgan fingerprint density at radius 2 is 1.75 bits per heavy atom. The molecule has 0 spiro atoms. The van der Waals surface area contributed by atoms with E-state index in [9.17, 15) is 22.4 Å². The lowest BCUT2D eigenvalue weighted by Gasteiger charge is -2.26. The molecule has 1 fully saturated rings. The molecule has 9 nitrogen and oxygen atoms in total. The van der Waals surface area contributed by atoms with E-state index in [2.05, 4.69) is 0 Å². The number of hydrogen-bond acceptors (Lipinski definition) is 8. The largest absolute Gasteiger partial charge is 0.497 e. The zero-order valence-corrected chi connectivity index (χ0v) is 18.3. The van der Waals surface area contributed by atoms with E-state index in [1.54, 1.807) is 0 Å². The number of halogens is 1. The number of ether oxygens (including phenoxy) is 4. The highest BCUT2D eigenvalue weighted by Crippen LogP contribution is 2.25. The van der Waals surface area contributed by atoms with Crippen LogP contribution in [0.25, 0.3) is 0 Å². The molecule has 1 aliphatic rings. The second-order valence-electron chi connectivity index (χ2n) is 6.72. The predicted molar refractivity (Wildman–Crippen MR) is 110 cm³/mol. The molecule has 0 radical (unpaired) electrons. The number of nitrogens with zero attached hydrogens (tertiary/aromatic N) is 1. The molecule has 172 valence electrons. The third-order valence-corrected chi connectivity index (χ3v) is 6.70. The Labute approximate surface area is 184 Å². The monoisotopic (exact) mass is 467 g/mol. The summed E-state index contributed by atoms with van der Waals surface area (Å²) in [5.41, 5.74) is -0.445. The number of methoxy groups -OCH3 is 2. The van der Waals surface area contributed by atoms with Crippen LogP contribution >= 0.6 is 0 Å². The standard InChI is InChI=1S/C21H22FNO8S/c1-28-14-3-5-16(20(11-14)29-2)19(24)13-31-21(25)17-12-15(4-6-18(17)22)32(26,27)23-7-9-30-10-8-23/h3-6,11-12H,7-10,13H2,1-2H3. The molecule has 0 atom stereocenters. The van der Waals surface area contributed by atoms with E-state index in [1.165, 1.54) is 36.7 Å². The van der Waals surface area contributed by atoms with Crippen LogP contribution < -0.4 is 9.47 Å². The van der Waals surface area contributed by atoms with E-state index in [1.807, 2.05) is 0 Å². The van der Waals surface area contributed by atoms with Crippen LogP contribution in [-0.2, 0) is 19.5 Å². The van der Waals surface area contributed by atoms with Crippen LogP contribution in [0.4, 0.5) is 4.39 Å². The summed E-state index contributed by atoms with van der Waals surface area (Å²) >= 11 is 0. The molecule has 2 aromatic rings. The molecule has 0 N–H and O–H groups in total. The highest BCUT2D eigenvalue weighted by Gasteiger charge is 2.28. The average Bonchev–Trinajstić information content (AvgIpc) is 2.82. The third-order valence-electron chi connectivity index (χ3n) is 4.81. The zero-order valence-electron chi connectivity index (χ0n) is 17.5. The fourth-order valence-electron chi connectivity index (χ4n) is 3.07. The smallest absolute Gasteiger partial charge is 0.341 e. The Morgan fingerprint density at radius 3 is 2.41 bits per heavy atom. The van der Waals surface area contributed by atoms with Gasteiger partial charge in [0.05, 0.1) is 43.5 Å². The molecule has 0 unspecified atom stereocenters. The summed E-state index contributed by atoms with van der Waals surface area (Å²) in [7, 11) is -1.11. The molecular formula is C21H22FNO8S. The van der Waals surface area contributed by atoms with Gasteiger partial charge in [0.25, 0.3) is 0 Å². The first-order chi connectivity index (χ1) is 15.3. The number of benzene rings is 2. The van der Waals surface area contributed by atoms with E-state index in [-0.39, 0.29) is 42.5 Å². The van der Waals surface area contributed by atoms with E-state index < -0.39 is 39.8 Å². The molecule has 1 heterocycles. The van der Waals surface area contributed by atoms with Gasteiger partial charge in [-0.15, -0.1) is 0 Å². The molecule has 2 aromatic carbocycles. The van der Waals surface area contributed by atoms with Crippen LogP contribution in [0.5, 0.6) is 11.5 Å².